The number of carbonyl (C=O) groups excluding carboxylic acids is 1. The van der Waals surface area contributed by atoms with Crippen molar-refractivity contribution in [2.45, 2.75) is 32.9 Å². The summed E-state index contributed by atoms with van der Waals surface area (Å²) >= 11 is 0. The van der Waals surface area contributed by atoms with Crippen LogP contribution in [0, 0.1) is 0 Å². The predicted octanol–water partition coefficient (Wildman–Crippen LogP) is 1.55. The number of rotatable bonds is 7. The lowest BCUT2D eigenvalue weighted by Crippen LogP contribution is -2.18. The molecule has 90 valence electrons. The molecule has 16 heavy (non-hydrogen) atoms. The summed E-state index contributed by atoms with van der Waals surface area (Å²) < 4.78 is 6.77. The first-order valence-corrected chi connectivity index (χ1v) is 5.69. The van der Waals surface area contributed by atoms with E-state index in [0.717, 1.165) is 26.1 Å². The van der Waals surface area contributed by atoms with Gasteiger partial charge >= 0.3 is 5.97 Å². The zero-order valence-electron chi connectivity index (χ0n) is 10.0. The molecule has 0 atom stereocenters. The number of methoxy groups -OCH3 is 1. The Morgan fingerprint density at radius 2 is 2.38 bits per heavy atom. The van der Waals surface area contributed by atoms with Crippen LogP contribution in [0.2, 0.25) is 0 Å². The molecule has 1 aromatic rings. The summed E-state index contributed by atoms with van der Waals surface area (Å²) in [6, 6.07) is 4.16. The monoisotopic (exact) mass is 224 g/mol. The lowest BCUT2D eigenvalue weighted by Gasteiger charge is -2.07. The second kappa shape index (κ2) is 7.06. The highest BCUT2D eigenvalue weighted by Crippen LogP contribution is 2.01. The van der Waals surface area contributed by atoms with Gasteiger partial charge in [-0.05, 0) is 32.0 Å². The van der Waals surface area contributed by atoms with Crippen molar-refractivity contribution in [1.82, 2.24) is 9.88 Å². The zero-order valence-corrected chi connectivity index (χ0v) is 10.0. The third-order valence-corrected chi connectivity index (χ3v) is 2.53. The SMILES string of the molecule is CCn1cccc1CNCCCC(=O)OC. The van der Waals surface area contributed by atoms with Crippen molar-refractivity contribution in [3.8, 4) is 0 Å². The van der Waals surface area contributed by atoms with Crippen LogP contribution in [0.5, 0.6) is 0 Å². The maximum atomic E-state index is 10.8. The molecule has 0 aromatic carbocycles. The molecular weight excluding hydrogens is 204 g/mol. The van der Waals surface area contributed by atoms with Gasteiger partial charge in [-0.1, -0.05) is 0 Å². The maximum absolute atomic E-state index is 10.8. The Balaban J connectivity index is 2.14. The van der Waals surface area contributed by atoms with Crippen molar-refractivity contribution in [3.63, 3.8) is 0 Å². The van der Waals surface area contributed by atoms with Crippen molar-refractivity contribution in [2.75, 3.05) is 13.7 Å². The van der Waals surface area contributed by atoms with E-state index in [1.54, 1.807) is 0 Å². The third-order valence-electron chi connectivity index (χ3n) is 2.53. The summed E-state index contributed by atoms with van der Waals surface area (Å²) in [5.41, 5.74) is 1.28. The average molecular weight is 224 g/mol. The van der Waals surface area contributed by atoms with Gasteiger partial charge in [-0.25, -0.2) is 0 Å². The zero-order chi connectivity index (χ0) is 11.8. The van der Waals surface area contributed by atoms with Crippen LogP contribution in [-0.4, -0.2) is 24.2 Å². The number of ether oxygens (including phenoxy) is 1. The van der Waals surface area contributed by atoms with Gasteiger partial charge in [0.05, 0.1) is 7.11 Å². The fourth-order valence-electron chi connectivity index (χ4n) is 1.59. The summed E-state index contributed by atoms with van der Waals surface area (Å²) in [5.74, 6) is -0.140. The highest BCUT2D eigenvalue weighted by molar-refractivity contribution is 5.69. The number of carbonyl (C=O) groups is 1. The molecular formula is C12H20N2O2. The minimum absolute atomic E-state index is 0.140. The van der Waals surface area contributed by atoms with Crippen LogP contribution in [0.25, 0.3) is 0 Å². The van der Waals surface area contributed by atoms with Gasteiger partial charge in [0.2, 0.25) is 0 Å². The van der Waals surface area contributed by atoms with E-state index < -0.39 is 0 Å². The van der Waals surface area contributed by atoms with Gasteiger partial charge in [-0.2, -0.15) is 0 Å². The summed E-state index contributed by atoms with van der Waals surface area (Å²) in [7, 11) is 1.42. The molecule has 1 N–H and O–H groups in total. The molecule has 1 rings (SSSR count). The molecule has 0 radical (unpaired) electrons. The fraction of sp³-hybridized carbons (Fsp3) is 0.583. The topological polar surface area (TPSA) is 43.3 Å². The highest BCUT2D eigenvalue weighted by Gasteiger charge is 2.00. The quantitative estimate of drug-likeness (QED) is 0.564. The molecule has 4 nitrogen and oxygen atoms in total. The molecule has 0 spiro atoms. The Bertz CT molecular complexity index is 321. The van der Waals surface area contributed by atoms with Crippen molar-refractivity contribution in [3.05, 3.63) is 24.0 Å². The minimum atomic E-state index is -0.140. The molecule has 0 saturated heterocycles. The highest BCUT2D eigenvalue weighted by atomic mass is 16.5. The number of esters is 1. The Morgan fingerprint density at radius 1 is 1.56 bits per heavy atom. The molecule has 1 heterocycles. The number of aryl methyl sites for hydroxylation is 1. The van der Waals surface area contributed by atoms with E-state index in [4.69, 9.17) is 0 Å². The molecule has 4 heteroatoms. The van der Waals surface area contributed by atoms with Crippen LogP contribution in [0.4, 0.5) is 0 Å². The Labute approximate surface area is 96.6 Å². The molecule has 0 saturated carbocycles. The normalized spacial score (nSPS) is 10.4. The number of nitrogens with zero attached hydrogens (tertiary/aromatic N) is 1. The summed E-state index contributed by atoms with van der Waals surface area (Å²) in [4.78, 5) is 10.8. The second-order valence-corrected chi connectivity index (χ2v) is 3.64. The van der Waals surface area contributed by atoms with E-state index >= 15 is 0 Å². The minimum Gasteiger partial charge on any atom is -0.469 e. The van der Waals surface area contributed by atoms with Crippen LogP contribution < -0.4 is 5.32 Å². The first-order chi connectivity index (χ1) is 7.77. The lowest BCUT2D eigenvalue weighted by molar-refractivity contribution is -0.140. The van der Waals surface area contributed by atoms with Crippen LogP contribution in [-0.2, 0) is 22.6 Å². The molecule has 0 fully saturated rings. The predicted molar refractivity (Wildman–Crippen MR) is 63.1 cm³/mol. The molecule has 0 amide bonds. The number of hydrogen-bond donors (Lipinski definition) is 1. The molecule has 0 unspecified atom stereocenters. The molecule has 1 aromatic heterocycles. The lowest BCUT2D eigenvalue weighted by atomic mass is 10.3. The second-order valence-electron chi connectivity index (χ2n) is 3.64. The molecule has 0 aliphatic rings. The van der Waals surface area contributed by atoms with Gasteiger partial charge in [0, 0.05) is 31.4 Å². The largest absolute Gasteiger partial charge is 0.469 e. The Hall–Kier alpha value is -1.29. The summed E-state index contributed by atoms with van der Waals surface area (Å²) in [6.07, 6.45) is 3.38. The Kier molecular flexibility index (Phi) is 5.64. The first kappa shape index (κ1) is 12.8. The van der Waals surface area contributed by atoms with E-state index in [2.05, 4.69) is 39.9 Å². The fourth-order valence-corrected chi connectivity index (χ4v) is 1.59. The Morgan fingerprint density at radius 3 is 3.06 bits per heavy atom. The maximum Gasteiger partial charge on any atom is 0.305 e. The molecule has 0 bridgehead atoms. The smallest absolute Gasteiger partial charge is 0.305 e. The van der Waals surface area contributed by atoms with Crippen molar-refractivity contribution >= 4 is 5.97 Å². The van der Waals surface area contributed by atoms with E-state index in [1.165, 1.54) is 12.8 Å². The van der Waals surface area contributed by atoms with E-state index in [-0.39, 0.29) is 5.97 Å². The number of nitrogens with one attached hydrogen (secondary N) is 1. The number of aromatic nitrogens is 1. The standard InChI is InChI=1S/C12H20N2O2/c1-3-14-9-5-6-11(14)10-13-8-4-7-12(15)16-2/h5-6,9,13H,3-4,7-8,10H2,1-2H3. The van der Waals surface area contributed by atoms with Gasteiger partial charge < -0.3 is 14.6 Å². The van der Waals surface area contributed by atoms with Gasteiger partial charge in [0.1, 0.15) is 0 Å². The molecule has 0 aliphatic heterocycles. The van der Waals surface area contributed by atoms with Gasteiger partial charge in [0.15, 0.2) is 0 Å². The van der Waals surface area contributed by atoms with Gasteiger partial charge in [0.25, 0.3) is 0 Å². The van der Waals surface area contributed by atoms with Crippen LogP contribution in [0.3, 0.4) is 0 Å². The van der Waals surface area contributed by atoms with Crippen LogP contribution in [0.1, 0.15) is 25.5 Å². The summed E-state index contributed by atoms with van der Waals surface area (Å²) in [5, 5.41) is 3.31. The summed E-state index contributed by atoms with van der Waals surface area (Å²) in [6.45, 7) is 4.80. The van der Waals surface area contributed by atoms with Crippen molar-refractivity contribution in [2.24, 2.45) is 0 Å². The van der Waals surface area contributed by atoms with Crippen molar-refractivity contribution < 1.29 is 9.53 Å². The first-order valence-electron chi connectivity index (χ1n) is 5.69. The van der Waals surface area contributed by atoms with Gasteiger partial charge in [-0.3, -0.25) is 4.79 Å². The molecule has 0 aliphatic carbocycles. The van der Waals surface area contributed by atoms with E-state index in [9.17, 15) is 4.79 Å². The van der Waals surface area contributed by atoms with Gasteiger partial charge in [-0.15, -0.1) is 0 Å². The average Bonchev–Trinajstić information content (AvgIpc) is 2.75. The third kappa shape index (κ3) is 4.06. The van der Waals surface area contributed by atoms with E-state index in [1.807, 2.05) is 0 Å². The number of hydrogen-bond acceptors (Lipinski definition) is 3. The van der Waals surface area contributed by atoms with E-state index in [0.29, 0.717) is 6.42 Å². The van der Waals surface area contributed by atoms with Crippen LogP contribution in [0.15, 0.2) is 18.3 Å². The van der Waals surface area contributed by atoms with Crippen molar-refractivity contribution in [1.29, 1.82) is 0 Å². The van der Waals surface area contributed by atoms with Crippen LogP contribution >= 0.6 is 0 Å².